The monoisotopic (exact) mass is 512 g/mol. The van der Waals surface area contributed by atoms with Gasteiger partial charge in [-0.3, -0.25) is 4.18 Å². The van der Waals surface area contributed by atoms with Gasteiger partial charge in [-0.25, -0.2) is 0 Å². The number of ether oxygens (including phenoxy) is 1. The standard InChI is InChI=1S/C27H48O5SSi/c1-22(2)12-10-17-27(21-30-33(7,28)29)18-11-16-26(6)24(32-26)14-13-23(15-19-27)20-31-34(8,9)25(3,4)5/h11-12,15,18,24H,10,13-14,16-17,19-21H2,1-9H3/b18-11+,23-15-/t24-,26-,27-/m0/s1. The van der Waals surface area contributed by atoms with Gasteiger partial charge in [-0.05, 0) is 83.0 Å². The van der Waals surface area contributed by atoms with Crippen molar-refractivity contribution < 1.29 is 21.8 Å². The van der Waals surface area contributed by atoms with Crippen molar-refractivity contribution in [2.75, 3.05) is 19.5 Å². The van der Waals surface area contributed by atoms with Gasteiger partial charge in [-0.15, -0.1) is 0 Å². The molecule has 0 unspecified atom stereocenters. The molecule has 2 rings (SSSR count). The molecule has 1 aliphatic heterocycles. The molecule has 0 N–H and O–H groups in total. The molecule has 7 heteroatoms. The molecule has 2 aliphatic rings. The molecular formula is C27H48O5SSi. The summed E-state index contributed by atoms with van der Waals surface area (Å²) >= 11 is 0. The Bertz CT molecular complexity index is 892. The lowest BCUT2D eigenvalue weighted by atomic mass is 9.79. The summed E-state index contributed by atoms with van der Waals surface area (Å²) in [6.45, 7) is 18.5. The van der Waals surface area contributed by atoms with E-state index in [9.17, 15) is 8.42 Å². The average molecular weight is 513 g/mol. The van der Waals surface area contributed by atoms with Crippen molar-refractivity contribution >= 4 is 18.4 Å². The van der Waals surface area contributed by atoms with Crippen LogP contribution >= 0.6 is 0 Å². The minimum Gasteiger partial charge on any atom is -0.413 e. The summed E-state index contributed by atoms with van der Waals surface area (Å²) in [5, 5.41) is 0.152. The third-order valence-corrected chi connectivity index (χ3v) is 12.8. The van der Waals surface area contributed by atoms with Crippen molar-refractivity contribution in [1.29, 1.82) is 0 Å². The fourth-order valence-electron chi connectivity index (χ4n) is 4.07. The molecule has 0 amide bonds. The van der Waals surface area contributed by atoms with E-state index in [2.05, 4.69) is 78.9 Å². The summed E-state index contributed by atoms with van der Waals surface area (Å²) in [4.78, 5) is 0. The van der Waals surface area contributed by atoms with Crippen molar-refractivity contribution in [2.45, 2.75) is 110 Å². The first-order valence-corrected chi connectivity index (χ1v) is 17.3. The van der Waals surface area contributed by atoms with Gasteiger partial charge < -0.3 is 9.16 Å². The highest BCUT2D eigenvalue weighted by molar-refractivity contribution is 7.85. The van der Waals surface area contributed by atoms with E-state index in [-0.39, 0.29) is 23.4 Å². The van der Waals surface area contributed by atoms with Gasteiger partial charge in [0.15, 0.2) is 8.32 Å². The molecule has 3 atom stereocenters. The highest BCUT2D eigenvalue weighted by Crippen LogP contribution is 2.45. The minimum absolute atomic E-state index is 0.129. The normalized spacial score (nSPS) is 31.0. The van der Waals surface area contributed by atoms with Gasteiger partial charge in [0.25, 0.3) is 10.1 Å². The molecule has 1 saturated heterocycles. The Morgan fingerprint density at radius 3 is 2.53 bits per heavy atom. The lowest BCUT2D eigenvalue weighted by molar-refractivity contribution is 0.187. The fourth-order valence-corrected chi connectivity index (χ4v) is 5.50. The largest absolute Gasteiger partial charge is 0.413 e. The topological polar surface area (TPSA) is 65.1 Å². The molecule has 5 nitrogen and oxygen atoms in total. The Balaban J connectivity index is 2.35. The molecule has 34 heavy (non-hydrogen) atoms. The maximum absolute atomic E-state index is 11.9. The summed E-state index contributed by atoms with van der Waals surface area (Å²) in [5.74, 6) is 0. The summed E-state index contributed by atoms with van der Waals surface area (Å²) in [6.07, 6.45) is 15.4. The number of fused-ring (bicyclic) bond motifs is 1. The van der Waals surface area contributed by atoms with E-state index in [1.165, 1.54) is 11.1 Å². The molecule has 0 spiro atoms. The van der Waals surface area contributed by atoms with E-state index >= 15 is 0 Å². The molecule has 0 aromatic heterocycles. The molecule has 0 bridgehead atoms. The first kappa shape index (κ1) is 29.5. The highest BCUT2D eigenvalue weighted by Gasteiger charge is 2.50. The molecule has 0 saturated carbocycles. The van der Waals surface area contributed by atoms with Crippen LogP contribution in [0.3, 0.4) is 0 Å². The second-order valence-electron chi connectivity index (χ2n) is 12.3. The maximum atomic E-state index is 11.9. The van der Waals surface area contributed by atoms with Crippen LogP contribution in [0, 0.1) is 5.41 Å². The van der Waals surface area contributed by atoms with Crippen LogP contribution < -0.4 is 0 Å². The Morgan fingerprint density at radius 2 is 1.94 bits per heavy atom. The number of allylic oxidation sites excluding steroid dienone is 3. The van der Waals surface area contributed by atoms with Gasteiger partial charge in [0.1, 0.15) is 0 Å². The highest BCUT2D eigenvalue weighted by atomic mass is 32.2. The zero-order valence-electron chi connectivity index (χ0n) is 23.0. The van der Waals surface area contributed by atoms with E-state index < -0.39 is 23.9 Å². The Kier molecular flexibility index (Phi) is 9.65. The van der Waals surface area contributed by atoms with Crippen molar-refractivity contribution in [3.05, 3.63) is 35.5 Å². The number of hydrogen-bond donors (Lipinski definition) is 0. The average Bonchev–Trinajstić information content (AvgIpc) is 3.33. The molecule has 1 heterocycles. The van der Waals surface area contributed by atoms with Gasteiger partial charge in [-0.1, -0.05) is 50.6 Å². The van der Waals surface area contributed by atoms with Gasteiger partial charge in [0.2, 0.25) is 0 Å². The van der Waals surface area contributed by atoms with Crippen LogP contribution in [0.2, 0.25) is 18.1 Å². The molecule has 0 aromatic rings. The summed E-state index contributed by atoms with van der Waals surface area (Å²) in [6, 6.07) is 0. The summed E-state index contributed by atoms with van der Waals surface area (Å²) in [5.41, 5.74) is 2.02. The Hall–Kier alpha value is -0.733. The summed E-state index contributed by atoms with van der Waals surface area (Å²) < 4.78 is 41.9. The SMILES string of the molecule is CC(C)=CCC[C@]1(COS(C)(=O)=O)/C=C/C[C@]2(C)O[C@H]2CC/C(CO[Si](C)(C)C(C)(C)C)=C/C1. The van der Waals surface area contributed by atoms with Crippen LogP contribution in [0.4, 0.5) is 0 Å². The molecular weight excluding hydrogens is 464 g/mol. The van der Waals surface area contributed by atoms with Gasteiger partial charge >= 0.3 is 0 Å². The third-order valence-electron chi connectivity index (χ3n) is 7.73. The van der Waals surface area contributed by atoms with Crippen molar-refractivity contribution in [3.8, 4) is 0 Å². The van der Waals surface area contributed by atoms with Crippen LogP contribution in [0.15, 0.2) is 35.5 Å². The van der Waals surface area contributed by atoms with Crippen molar-refractivity contribution in [3.63, 3.8) is 0 Å². The van der Waals surface area contributed by atoms with E-state index in [4.69, 9.17) is 13.3 Å². The van der Waals surface area contributed by atoms with E-state index in [0.717, 1.165) is 44.8 Å². The second-order valence-corrected chi connectivity index (χ2v) is 18.8. The third kappa shape index (κ3) is 9.05. The zero-order valence-corrected chi connectivity index (χ0v) is 24.8. The maximum Gasteiger partial charge on any atom is 0.264 e. The van der Waals surface area contributed by atoms with Crippen LogP contribution in [-0.2, 0) is 23.5 Å². The smallest absolute Gasteiger partial charge is 0.264 e. The minimum atomic E-state index is -3.54. The molecule has 1 fully saturated rings. The predicted octanol–water partition coefficient (Wildman–Crippen LogP) is 6.93. The van der Waals surface area contributed by atoms with Crippen molar-refractivity contribution in [1.82, 2.24) is 0 Å². The number of rotatable bonds is 9. The Morgan fingerprint density at radius 1 is 1.26 bits per heavy atom. The lowest BCUT2D eigenvalue weighted by Crippen LogP contribution is -2.41. The van der Waals surface area contributed by atoms with E-state index in [1.807, 2.05) is 0 Å². The second kappa shape index (κ2) is 11.1. The van der Waals surface area contributed by atoms with Gasteiger partial charge in [0.05, 0.1) is 31.2 Å². The predicted molar refractivity (Wildman–Crippen MR) is 144 cm³/mol. The van der Waals surface area contributed by atoms with Crippen LogP contribution in [0.25, 0.3) is 0 Å². The molecule has 0 radical (unpaired) electrons. The first-order valence-electron chi connectivity index (χ1n) is 12.6. The summed E-state index contributed by atoms with van der Waals surface area (Å²) in [7, 11) is -5.41. The molecule has 1 aliphatic carbocycles. The van der Waals surface area contributed by atoms with Crippen molar-refractivity contribution in [2.24, 2.45) is 5.41 Å². The van der Waals surface area contributed by atoms with E-state index in [1.54, 1.807) is 0 Å². The lowest BCUT2D eigenvalue weighted by Gasteiger charge is -2.36. The van der Waals surface area contributed by atoms with Gasteiger partial charge in [0, 0.05) is 5.41 Å². The van der Waals surface area contributed by atoms with E-state index in [0.29, 0.717) is 6.61 Å². The van der Waals surface area contributed by atoms with Crippen LogP contribution in [0.1, 0.15) is 80.1 Å². The quantitative estimate of drug-likeness (QED) is 0.145. The first-order chi connectivity index (χ1) is 15.5. The number of hydrogen-bond acceptors (Lipinski definition) is 5. The molecule has 0 aromatic carbocycles. The van der Waals surface area contributed by atoms with Gasteiger partial charge in [-0.2, -0.15) is 8.42 Å². The van der Waals surface area contributed by atoms with Crippen LogP contribution in [0.5, 0.6) is 0 Å². The fraction of sp³-hybridized carbons (Fsp3) is 0.778. The zero-order chi connectivity index (χ0) is 25.8. The molecule has 196 valence electrons. The Labute approximate surface area is 210 Å². The van der Waals surface area contributed by atoms with Crippen LogP contribution in [-0.4, -0.2) is 47.9 Å². The number of epoxide rings is 1.